The van der Waals surface area contributed by atoms with Gasteiger partial charge in [0.05, 0.1) is 11.7 Å². The van der Waals surface area contributed by atoms with Crippen LogP contribution in [0.3, 0.4) is 0 Å². The second kappa shape index (κ2) is 6.66. The zero-order valence-corrected chi connectivity index (χ0v) is 8.55. The highest BCUT2D eigenvalue weighted by Crippen LogP contribution is 1.99. The molecular weight excluding hydrogens is 208 g/mol. The molecule has 0 fully saturated rings. The number of ether oxygens (including phenoxy) is 1. The van der Waals surface area contributed by atoms with Crippen LogP contribution in [0.2, 0.25) is 0 Å². The van der Waals surface area contributed by atoms with Crippen molar-refractivity contribution in [3.8, 4) is 0 Å². The van der Waals surface area contributed by atoms with Crippen LogP contribution in [0.1, 0.15) is 20.8 Å². The molecule has 0 atom stereocenters. The van der Waals surface area contributed by atoms with Crippen molar-refractivity contribution in [3.63, 3.8) is 0 Å². The smallest absolute Gasteiger partial charge is 0.429 e. The summed E-state index contributed by atoms with van der Waals surface area (Å²) in [5.74, 6) is -0.982. The van der Waals surface area contributed by atoms with Crippen LogP contribution >= 0.6 is 0 Å². The van der Waals surface area contributed by atoms with Crippen molar-refractivity contribution in [2.45, 2.75) is 26.9 Å². The molecule has 0 amide bonds. The van der Waals surface area contributed by atoms with Gasteiger partial charge in [-0.25, -0.2) is 19.8 Å². The van der Waals surface area contributed by atoms with Gasteiger partial charge in [0.25, 0.3) is 0 Å². The second-order valence-corrected chi connectivity index (χ2v) is 2.78. The van der Waals surface area contributed by atoms with Crippen LogP contribution in [0.5, 0.6) is 0 Å². The quantitative estimate of drug-likeness (QED) is 0.252. The van der Waals surface area contributed by atoms with Crippen molar-refractivity contribution < 1.29 is 34.2 Å². The molecule has 0 aliphatic heterocycles. The van der Waals surface area contributed by atoms with Crippen molar-refractivity contribution in [2.24, 2.45) is 0 Å². The van der Waals surface area contributed by atoms with E-state index in [-0.39, 0.29) is 11.7 Å². The summed E-state index contributed by atoms with van der Waals surface area (Å²) in [6.45, 7) is 4.50. The van der Waals surface area contributed by atoms with E-state index in [1.54, 1.807) is 13.8 Å². The predicted molar refractivity (Wildman–Crippen MR) is 46.3 cm³/mol. The number of rotatable bonds is 3. The lowest BCUT2D eigenvalue weighted by Crippen LogP contribution is -2.16. The van der Waals surface area contributed by atoms with Crippen LogP contribution in [0.4, 0.5) is 4.79 Å². The summed E-state index contributed by atoms with van der Waals surface area (Å²) in [5, 5.41) is 7.97. The van der Waals surface area contributed by atoms with Gasteiger partial charge in [0.15, 0.2) is 0 Å². The highest BCUT2D eigenvalue weighted by Gasteiger charge is 2.13. The van der Waals surface area contributed by atoms with Gasteiger partial charge >= 0.3 is 12.1 Å². The molecule has 86 valence electrons. The van der Waals surface area contributed by atoms with Crippen molar-refractivity contribution in [2.75, 3.05) is 0 Å². The first-order valence-corrected chi connectivity index (χ1v) is 4.03. The zero-order chi connectivity index (χ0) is 11.8. The summed E-state index contributed by atoms with van der Waals surface area (Å²) in [4.78, 5) is 33.2. The molecule has 7 heteroatoms. The SMILES string of the molecule is CC(=COO)C(=O)OOC(=O)OC(C)C. The van der Waals surface area contributed by atoms with Gasteiger partial charge in [0.2, 0.25) is 0 Å². The molecule has 0 bridgehead atoms. The fraction of sp³-hybridized carbons (Fsp3) is 0.500. The molecule has 0 rings (SSSR count). The largest absolute Gasteiger partial charge is 0.550 e. The van der Waals surface area contributed by atoms with Crippen LogP contribution in [0, 0.1) is 0 Å². The van der Waals surface area contributed by atoms with E-state index in [1.807, 2.05) is 0 Å². The van der Waals surface area contributed by atoms with E-state index in [2.05, 4.69) is 19.4 Å². The average Bonchev–Trinajstić information content (AvgIpc) is 2.13. The van der Waals surface area contributed by atoms with E-state index in [1.165, 1.54) is 6.92 Å². The fourth-order valence-electron chi connectivity index (χ4n) is 0.477. The van der Waals surface area contributed by atoms with Crippen molar-refractivity contribution >= 4 is 12.1 Å². The van der Waals surface area contributed by atoms with Crippen LogP contribution in [-0.2, 0) is 24.2 Å². The van der Waals surface area contributed by atoms with Crippen molar-refractivity contribution in [3.05, 3.63) is 11.8 Å². The summed E-state index contributed by atoms with van der Waals surface area (Å²) in [5.41, 5.74) is -0.0881. The zero-order valence-electron chi connectivity index (χ0n) is 8.55. The lowest BCUT2D eigenvalue weighted by Gasteiger charge is -2.06. The molecule has 0 radical (unpaired) electrons. The third-order valence-electron chi connectivity index (χ3n) is 1.07. The Labute approximate surface area is 86.0 Å². The maximum Gasteiger partial charge on any atom is 0.550 e. The molecular formula is C8H12O7. The van der Waals surface area contributed by atoms with Crippen LogP contribution in [-0.4, -0.2) is 23.5 Å². The van der Waals surface area contributed by atoms with E-state index in [9.17, 15) is 9.59 Å². The molecule has 0 saturated carbocycles. The third-order valence-corrected chi connectivity index (χ3v) is 1.07. The first-order valence-electron chi connectivity index (χ1n) is 4.03. The van der Waals surface area contributed by atoms with Gasteiger partial charge in [-0.15, -0.1) is 0 Å². The molecule has 0 aliphatic rings. The molecule has 7 nitrogen and oxygen atoms in total. The molecule has 0 aromatic heterocycles. The van der Waals surface area contributed by atoms with E-state index in [4.69, 9.17) is 5.26 Å². The third kappa shape index (κ3) is 6.33. The fourth-order valence-corrected chi connectivity index (χ4v) is 0.477. The lowest BCUT2D eigenvalue weighted by atomic mass is 10.4. The molecule has 0 saturated heterocycles. The van der Waals surface area contributed by atoms with Crippen molar-refractivity contribution in [1.82, 2.24) is 0 Å². The monoisotopic (exact) mass is 220 g/mol. The maximum absolute atomic E-state index is 10.9. The van der Waals surface area contributed by atoms with Gasteiger partial charge in [0.1, 0.15) is 6.26 Å². The molecule has 0 unspecified atom stereocenters. The summed E-state index contributed by atoms with van der Waals surface area (Å²) in [6, 6.07) is 0. The Balaban J connectivity index is 3.91. The lowest BCUT2D eigenvalue weighted by molar-refractivity contribution is -0.241. The van der Waals surface area contributed by atoms with Crippen LogP contribution in [0.15, 0.2) is 11.8 Å². The first kappa shape index (κ1) is 13.2. The van der Waals surface area contributed by atoms with Crippen LogP contribution < -0.4 is 0 Å². The molecule has 0 aromatic rings. The first-order chi connectivity index (χ1) is 6.97. The number of hydrogen-bond acceptors (Lipinski definition) is 7. The molecule has 15 heavy (non-hydrogen) atoms. The minimum atomic E-state index is -1.13. The Kier molecular flexibility index (Phi) is 5.88. The van der Waals surface area contributed by atoms with Gasteiger partial charge < -0.3 is 9.62 Å². The highest BCUT2D eigenvalue weighted by molar-refractivity contribution is 5.87. The van der Waals surface area contributed by atoms with Crippen LogP contribution in [0.25, 0.3) is 0 Å². The van der Waals surface area contributed by atoms with Gasteiger partial charge in [-0.1, -0.05) is 0 Å². The van der Waals surface area contributed by atoms with Gasteiger partial charge in [-0.2, -0.15) is 4.79 Å². The van der Waals surface area contributed by atoms with E-state index in [0.29, 0.717) is 0 Å². The predicted octanol–water partition coefficient (Wildman–Crippen LogP) is 1.40. The van der Waals surface area contributed by atoms with Gasteiger partial charge in [-0.05, 0) is 20.8 Å². The average molecular weight is 220 g/mol. The Bertz CT molecular complexity index is 256. The topological polar surface area (TPSA) is 91.3 Å². The van der Waals surface area contributed by atoms with E-state index < -0.39 is 12.1 Å². The highest BCUT2D eigenvalue weighted by atomic mass is 17.2. The summed E-state index contributed by atoms with van der Waals surface area (Å²) >= 11 is 0. The normalized spacial score (nSPS) is 10.9. The Morgan fingerprint density at radius 2 is 1.87 bits per heavy atom. The second-order valence-electron chi connectivity index (χ2n) is 2.78. The molecule has 0 heterocycles. The minimum absolute atomic E-state index is 0.0881. The van der Waals surface area contributed by atoms with Gasteiger partial charge in [-0.3, -0.25) is 0 Å². The molecule has 0 aromatic carbocycles. The minimum Gasteiger partial charge on any atom is -0.429 e. The maximum atomic E-state index is 10.9. The number of carbonyl (C=O) groups is 2. The van der Waals surface area contributed by atoms with Crippen molar-refractivity contribution in [1.29, 1.82) is 0 Å². The Morgan fingerprint density at radius 3 is 2.33 bits per heavy atom. The summed E-state index contributed by atoms with van der Waals surface area (Å²) in [7, 11) is 0. The summed E-state index contributed by atoms with van der Waals surface area (Å²) < 4.78 is 4.50. The van der Waals surface area contributed by atoms with E-state index in [0.717, 1.165) is 6.26 Å². The van der Waals surface area contributed by atoms with E-state index >= 15 is 0 Å². The Hall–Kier alpha value is -1.76. The Morgan fingerprint density at radius 1 is 1.27 bits per heavy atom. The molecule has 0 aliphatic carbocycles. The molecule has 0 spiro atoms. The number of carbonyl (C=O) groups excluding carboxylic acids is 2. The standard InChI is InChI=1S/C8H12O7/c1-5(2)13-8(10)15-14-7(9)6(3)4-12-11/h4-5,11H,1-3H3. The van der Waals surface area contributed by atoms with Gasteiger partial charge in [0, 0.05) is 0 Å². The number of hydrogen-bond donors (Lipinski definition) is 1. The summed E-state index contributed by atoms with van der Waals surface area (Å²) in [6.07, 6.45) is -0.788. The molecule has 1 N–H and O–H groups in total.